The third kappa shape index (κ3) is 3.52. The van der Waals surface area contributed by atoms with E-state index in [1.165, 1.54) is 19.3 Å². The third-order valence-corrected chi connectivity index (χ3v) is 5.32. The fourth-order valence-electron chi connectivity index (χ4n) is 3.55. The standard InChI is InChI=1S/C18H23ClN2O2/c1-12-5-2-3-6-15(12)20-18(23)13-8-9-14(19)16(11-13)21-10-4-7-17(21)22/h8-9,11-12,15H,2-7,10H2,1H3,(H,20,23)/t12-,15+/m1/s1. The lowest BCUT2D eigenvalue weighted by molar-refractivity contribution is -0.117. The van der Waals surface area contributed by atoms with Crippen molar-refractivity contribution in [2.45, 2.75) is 51.5 Å². The lowest BCUT2D eigenvalue weighted by atomic mass is 9.86. The Morgan fingerprint density at radius 3 is 2.74 bits per heavy atom. The van der Waals surface area contributed by atoms with Crippen molar-refractivity contribution in [3.63, 3.8) is 0 Å². The second-order valence-corrected chi connectivity index (χ2v) is 7.06. The van der Waals surface area contributed by atoms with Gasteiger partial charge in [-0.25, -0.2) is 0 Å². The molecule has 4 nitrogen and oxygen atoms in total. The number of rotatable bonds is 3. The van der Waals surface area contributed by atoms with Gasteiger partial charge in [0.15, 0.2) is 0 Å². The molecule has 0 radical (unpaired) electrons. The van der Waals surface area contributed by atoms with Crippen LogP contribution in [0.1, 0.15) is 55.8 Å². The molecule has 1 N–H and O–H groups in total. The Labute approximate surface area is 142 Å². The predicted molar refractivity (Wildman–Crippen MR) is 91.9 cm³/mol. The Morgan fingerprint density at radius 2 is 2.04 bits per heavy atom. The van der Waals surface area contributed by atoms with E-state index in [-0.39, 0.29) is 17.9 Å². The van der Waals surface area contributed by atoms with Crippen LogP contribution in [0.3, 0.4) is 0 Å². The SMILES string of the molecule is C[C@@H]1CCCC[C@@H]1NC(=O)c1ccc(Cl)c(N2CCCC2=O)c1. The summed E-state index contributed by atoms with van der Waals surface area (Å²) >= 11 is 6.24. The van der Waals surface area contributed by atoms with Gasteiger partial charge in [-0.1, -0.05) is 31.4 Å². The number of nitrogens with zero attached hydrogens (tertiary/aromatic N) is 1. The minimum atomic E-state index is -0.0756. The molecular formula is C18H23ClN2O2. The molecule has 1 aliphatic heterocycles. The highest BCUT2D eigenvalue weighted by molar-refractivity contribution is 6.34. The zero-order chi connectivity index (χ0) is 16.4. The largest absolute Gasteiger partial charge is 0.349 e. The number of anilines is 1. The fraction of sp³-hybridized carbons (Fsp3) is 0.556. The maximum Gasteiger partial charge on any atom is 0.251 e. The highest BCUT2D eigenvalue weighted by atomic mass is 35.5. The van der Waals surface area contributed by atoms with Crippen molar-refractivity contribution in [3.8, 4) is 0 Å². The number of halogens is 1. The van der Waals surface area contributed by atoms with E-state index in [4.69, 9.17) is 11.6 Å². The first-order valence-corrected chi connectivity index (χ1v) is 8.85. The second kappa shape index (κ2) is 6.91. The average molecular weight is 335 g/mol. The van der Waals surface area contributed by atoms with Crippen molar-refractivity contribution >= 4 is 29.1 Å². The summed E-state index contributed by atoms with van der Waals surface area (Å²) in [6.45, 7) is 2.86. The number of carbonyl (C=O) groups excluding carboxylic acids is 2. The summed E-state index contributed by atoms with van der Waals surface area (Å²) in [5, 5.41) is 3.66. The van der Waals surface area contributed by atoms with Crippen LogP contribution in [0, 0.1) is 5.92 Å². The first-order chi connectivity index (χ1) is 11.1. The van der Waals surface area contributed by atoms with Crippen LogP contribution < -0.4 is 10.2 Å². The molecule has 1 heterocycles. The summed E-state index contributed by atoms with van der Waals surface area (Å²) in [6, 6.07) is 5.43. The Kier molecular flexibility index (Phi) is 4.90. The summed E-state index contributed by atoms with van der Waals surface area (Å²) in [7, 11) is 0. The van der Waals surface area contributed by atoms with Gasteiger partial charge in [0.1, 0.15) is 0 Å². The molecule has 0 spiro atoms. The maximum atomic E-state index is 12.6. The fourth-order valence-corrected chi connectivity index (χ4v) is 3.77. The quantitative estimate of drug-likeness (QED) is 0.914. The van der Waals surface area contributed by atoms with E-state index in [2.05, 4.69) is 12.2 Å². The number of amides is 2. The van der Waals surface area contributed by atoms with E-state index in [9.17, 15) is 9.59 Å². The van der Waals surface area contributed by atoms with Gasteiger partial charge >= 0.3 is 0 Å². The van der Waals surface area contributed by atoms with Crippen LogP contribution in [0.15, 0.2) is 18.2 Å². The first-order valence-electron chi connectivity index (χ1n) is 8.47. The van der Waals surface area contributed by atoms with Gasteiger partial charge in [0.05, 0.1) is 10.7 Å². The molecule has 23 heavy (non-hydrogen) atoms. The third-order valence-electron chi connectivity index (χ3n) is 5.00. The number of benzene rings is 1. The van der Waals surface area contributed by atoms with Gasteiger partial charge in [0.25, 0.3) is 5.91 Å². The number of nitrogens with one attached hydrogen (secondary N) is 1. The smallest absolute Gasteiger partial charge is 0.251 e. The van der Waals surface area contributed by atoms with E-state index in [1.54, 1.807) is 23.1 Å². The molecule has 0 aromatic heterocycles. The molecule has 124 valence electrons. The molecule has 3 rings (SSSR count). The highest BCUT2D eigenvalue weighted by Gasteiger charge is 2.26. The first kappa shape index (κ1) is 16.3. The van der Waals surface area contributed by atoms with E-state index in [0.717, 1.165) is 12.8 Å². The summed E-state index contributed by atoms with van der Waals surface area (Å²) in [5.74, 6) is 0.512. The number of hydrogen-bond donors (Lipinski definition) is 1. The lowest BCUT2D eigenvalue weighted by Crippen LogP contribution is -2.41. The van der Waals surface area contributed by atoms with Gasteiger partial charge in [0.2, 0.25) is 5.91 Å². The van der Waals surface area contributed by atoms with Gasteiger partial charge in [-0.2, -0.15) is 0 Å². The molecule has 2 aliphatic rings. The average Bonchev–Trinajstić information content (AvgIpc) is 2.96. The minimum absolute atomic E-state index is 0.0744. The van der Waals surface area contributed by atoms with Gasteiger partial charge < -0.3 is 10.2 Å². The lowest BCUT2D eigenvalue weighted by Gasteiger charge is -2.29. The summed E-state index contributed by atoms with van der Waals surface area (Å²) in [4.78, 5) is 26.2. The molecule has 0 unspecified atom stereocenters. The molecule has 1 saturated carbocycles. The Balaban J connectivity index is 1.77. The van der Waals surface area contributed by atoms with E-state index in [1.807, 2.05) is 0 Å². The predicted octanol–water partition coefficient (Wildman–Crippen LogP) is 3.78. The topological polar surface area (TPSA) is 49.4 Å². The second-order valence-electron chi connectivity index (χ2n) is 6.66. The van der Waals surface area contributed by atoms with Crippen molar-refractivity contribution in [2.24, 2.45) is 5.92 Å². The van der Waals surface area contributed by atoms with Crippen LogP contribution in [0.2, 0.25) is 5.02 Å². The monoisotopic (exact) mass is 334 g/mol. The van der Waals surface area contributed by atoms with Crippen LogP contribution in [0.4, 0.5) is 5.69 Å². The molecule has 2 fully saturated rings. The minimum Gasteiger partial charge on any atom is -0.349 e. The molecule has 1 aromatic carbocycles. The van der Waals surface area contributed by atoms with Crippen LogP contribution >= 0.6 is 11.6 Å². The number of carbonyl (C=O) groups is 2. The molecule has 5 heteroatoms. The molecule has 2 amide bonds. The van der Waals surface area contributed by atoms with Crippen LogP contribution in [0.5, 0.6) is 0 Å². The van der Waals surface area contributed by atoms with Gasteiger partial charge in [-0.3, -0.25) is 9.59 Å². The Bertz CT molecular complexity index is 617. The van der Waals surface area contributed by atoms with Crippen LogP contribution in [-0.4, -0.2) is 24.4 Å². The zero-order valence-electron chi connectivity index (χ0n) is 13.5. The summed E-state index contributed by atoms with van der Waals surface area (Å²) in [6.07, 6.45) is 6.01. The normalized spacial score (nSPS) is 24.8. The van der Waals surface area contributed by atoms with Crippen molar-refractivity contribution in [2.75, 3.05) is 11.4 Å². The van der Waals surface area contributed by atoms with Gasteiger partial charge in [-0.15, -0.1) is 0 Å². The summed E-state index contributed by atoms with van der Waals surface area (Å²) < 4.78 is 0. The molecule has 1 aromatic rings. The molecule has 1 saturated heterocycles. The van der Waals surface area contributed by atoms with Crippen molar-refractivity contribution in [3.05, 3.63) is 28.8 Å². The van der Waals surface area contributed by atoms with Crippen LogP contribution in [0.25, 0.3) is 0 Å². The van der Waals surface area contributed by atoms with Gasteiger partial charge in [-0.05, 0) is 43.4 Å². The summed E-state index contributed by atoms with van der Waals surface area (Å²) in [5.41, 5.74) is 1.22. The zero-order valence-corrected chi connectivity index (χ0v) is 14.2. The van der Waals surface area contributed by atoms with E-state index < -0.39 is 0 Å². The van der Waals surface area contributed by atoms with Crippen molar-refractivity contribution in [1.29, 1.82) is 0 Å². The van der Waals surface area contributed by atoms with Crippen LogP contribution in [-0.2, 0) is 4.79 Å². The van der Waals surface area contributed by atoms with Gasteiger partial charge in [0, 0.05) is 24.6 Å². The highest BCUT2D eigenvalue weighted by Crippen LogP contribution is 2.31. The molecule has 0 bridgehead atoms. The van der Waals surface area contributed by atoms with Crippen molar-refractivity contribution in [1.82, 2.24) is 5.32 Å². The Hall–Kier alpha value is -1.55. The van der Waals surface area contributed by atoms with Crippen molar-refractivity contribution < 1.29 is 9.59 Å². The van der Waals surface area contributed by atoms with E-state index in [0.29, 0.717) is 35.2 Å². The molecular weight excluding hydrogens is 312 g/mol. The molecule has 1 aliphatic carbocycles. The molecule has 2 atom stereocenters. The maximum absolute atomic E-state index is 12.6. The number of hydrogen-bond acceptors (Lipinski definition) is 2. The van der Waals surface area contributed by atoms with E-state index >= 15 is 0 Å². The Morgan fingerprint density at radius 1 is 1.26 bits per heavy atom.